The van der Waals surface area contributed by atoms with Crippen molar-refractivity contribution in [1.82, 2.24) is 0 Å². The van der Waals surface area contributed by atoms with Gasteiger partial charge in [-0.25, -0.2) is 0 Å². The maximum Gasteiger partial charge on any atom is 0.126 e. The Morgan fingerprint density at radius 2 is 1.75 bits per heavy atom. The van der Waals surface area contributed by atoms with Crippen LogP contribution in [0.3, 0.4) is 0 Å². The van der Waals surface area contributed by atoms with Crippen LogP contribution in [-0.2, 0) is 0 Å². The molecule has 16 heavy (non-hydrogen) atoms. The molecule has 1 saturated carbocycles. The molecule has 1 aromatic carbocycles. The van der Waals surface area contributed by atoms with Crippen molar-refractivity contribution in [2.24, 2.45) is 0 Å². The van der Waals surface area contributed by atoms with Gasteiger partial charge >= 0.3 is 0 Å². The van der Waals surface area contributed by atoms with E-state index in [1.54, 1.807) is 0 Å². The first kappa shape index (κ1) is 11.3. The van der Waals surface area contributed by atoms with E-state index >= 15 is 0 Å². The molecule has 0 aliphatic heterocycles. The van der Waals surface area contributed by atoms with Crippen molar-refractivity contribution in [3.05, 3.63) is 23.8 Å². The smallest absolute Gasteiger partial charge is 0.126 e. The summed E-state index contributed by atoms with van der Waals surface area (Å²) in [5.41, 5.74) is 0.938. The second-order valence-corrected chi connectivity index (χ2v) is 5.41. The Bertz CT molecular complexity index is 373. The SMILES string of the molecule is Cc1c(OC2CC2)cccc1OC(C)(C)C. The van der Waals surface area contributed by atoms with Crippen LogP contribution in [0.4, 0.5) is 0 Å². The van der Waals surface area contributed by atoms with Crippen LogP contribution in [0.1, 0.15) is 39.2 Å². The van der Waals surface area contributed by atoms with Gasteiger partial charge in [-0.1, -0.05) is 6.07 Å². The van der Waals surface area contributed by atoms with Crippen LogP contribution >= 0.6 is 0 Å². The molecule has 1 aromatic rings. The summed E-state index contributed by atoms with van der Waals surface area (Å²) in [5, 5.41) is 0. The highest BCUT2D eigenvalue weighted by molar-refractivity contribution is 5.44. The third-order valence-electron chi connectivity index (χ3n) is 2.47. The molecular weight excluding hydrogens is 200 g/mol. The number of ether oxygens (including phenoxy) is 2. The van der Waals surface area contributed by atoms with E-state index < -0.39 is 0 Å². The predicted molar refractivity (Wildman–Crippen MR) is 65.2 cm³/mol. The average Bonchev–Trinajstić information content (AvgIpc) is 2.93. The van der Waals surface area contributed by atoms with Gasteiger partial charge in [-0.05, 0) is 52.7 Å². The van der Waals surface area contributed by atoms with Crippen molar-refractivity contribution in [3.8, 4) is 11.5 Å². The molecule has 1 aliphatic carbocycles. The molecular formula is C14H20O2. The van der Waals surface area contributed by atoms with Crippen LogP contribution in [0, 0.1) is 6.92 Å². The standard InChI is InChI=1S/C14H20O2/c1-10-12(15-11-8-9-11)6-5-7-13(10)16-14(2,3)4/h5-7,11H,8-9H2,1-4H3. The first-order chi connectivity index (χ1) is 7.46. The van der Waals surface area contributed by atoms with E-state index in [2.05, 4.69) is 27.7 Å². The third kappa shape index (κ3) is 2.91. The molecule has 2 nitrogen and oxygen atoms in total. The fourth-order valence-corrected chi connectivity index (χ4v) is 1.53. The molecule has 0 aromatic heterocycles. The Hall–Kier alpha value is -1.18. The van der Waals surface area contributed by atoms with E-state index in [1.165, 1.54) is 12.8 Å². The molecule has 1 fully saturated rings. The lowest BCUT2D eigenvalue weighted by atomic mass is 10.1. The summed E-state index contributed by atoms with van der Waals surface area (Å²) >= 11 is 0. The summed E-state index contributed by atoms with van der Waals surface area (Å²) < 4.78 is 11.7. The van der Waals surface area contributed by atoms with Crippen LogP contribution in [-0.4, -0.2) is 11.7 Å². The van der Waals surface area contributed by atoms with E-state index in [4.69, 9.17) is 9.47 Å². The molecule has 2 heteroatoms. The summed E-state index contributed by atoms with van der Waals surface area (Å²) in [6.07, 6.45) is 2.80. The van der Waals surface area contributed by atoms with Crippen LogP contribution in [0.5, 0.6) is 11.5 Å². The van der Waals surface area contributed by atoms with Gasteiger partial charge in [0.25, 0.3) is 0 Å². The van der Waals surface area contributed by atoms with Gasteiger partial charge in [-0.3, -0.25) is 0 Å². The molecule has 1 aliphatic rings. The number of hydrogen-bond acceptors (Lipinski definition) is 2. The van der Waals surface area contributed by atoms with Crippen molar-refractivity contribution in [2.45, 2.75) is 52.2 Å². The quantitative estimate of drug-likeness (QED) is 0.773. The molecule has 88 valence electrons. The predicted octanol–water partition coefficient (Wildman–Crippen LogP) is 3.71. The lowest BCUT2D eigenvalue weighted by Gasteiger charge is -2.23. The maximum atomic E-state index is 5.90. The molecule has 0 amide bonds. The van der Waals surface area contributed by atoms with E-state index in [0.717, 1.165) is 17.1 Å². The van der Waals surface area contributed by atoms with Gasteiger partial charge in [0.15, 0.2) is 0 Å². The number of benzene rings is 1. The van der Waals surface area contributed by atoms with Gasteiger partial charge in [0, 0.05) is 5.56 Å². The molecule has 0 N–H and O–H groups in total. The number of rotatable bonds is 3. The zero-order valence-corrected chi connectivity index (χ0v) is 10.5. The molecule has 0 spiro atoms. The minimum Gasteiger partial charge on any atom is -0.490 e. The van der Waals surface area contributed by atoms with E-state index in [9.17, 15) is 0 Å². The molecule has 0 unspecified atom stereocenters. The fourth-order valence-electron chi connectivity index (χ4n) is 1.53. The largest absolute Gasteiger partial charge is 0.490 e. The van der Waals surface area contributed by atoms with Crippen molar-refractivity contribution in [2.75, 3.05) is 0 Å². The minimum atomic E-state index is -0.164. The van der Waals surface area contributed by atoms with Crippen molar-refractivity contribution < 1.29 is 9.47 Å². The summed E-state index contributed by atoms with van der Waals surface area (Å²) in [6.45, 7) is 8.22. The second kappa shape index (κ2) is 4.00. The molecule has 0 heterocycles. The first-order valence-corrected chi connectivity index (χ1v) is 5.91. The highest BCUT2D eigenvalue weighted by Crippen LogP contribution is 2.34. The fraction of sp³-hybridized carbons (Fsp3) is 0.571. The molecule has 0 atom stereocenters. The van der Waals surface area contributed by atoms with Gasteiger partial charge in [0.2, 0.25) is 0 Å². The van der Waals surface area contributed by atoms with E-state index in [-0.39, 0.29) is 5.60 Å². The zero-order chi connectivity index (χ0) is 11.8. The Morgan fingerprint density at radius 1 is 1.12 bits per heavy atom. The normalized spacial score (nSPS) is 16.0. The Balaban J connectivity index is 2.18. The lowest BCUT2D eigenvalue weighted by Crippen LogP contribution is -2.23. The molecule has 0 radical (unpaired) electrons. The van der Waals surface area contributed by atoms with E-state index in [1.807, 2.05) is 18.2 Å². The van der Waals surface area contributed by atoms with Gasteiger partial charge in [0.1, 0.15) is 17.1 Å². The average molecular weight is 220 g/mol. The summed E-state index contributed by atoms with van der Waals surface area (Å²) in [5.74, 6) is 1.88. The highest BCUT2D eigenvalue weighted by atomic mass is 16.5. The first-order valence-electron chi connectivity index (χ1n) is 5.91. The summed E-state index contributed by atoms with van der Waals surface area (Å²) in [6, 6.07) is 6.01. The third-order valence-corrected chi connectivity index (χ3v) is 2.47. The molecule has 0 bridgehead atoms. The zero-order valence-electron chi connectivity index (χ0n) is 10.5. The van der Waals surface area contributed by atoms with Crippen LogP contribution < -0.4 is 9.47 Å². The number of hydrogen-bond donors (Lipinski definition) is 0. The Labute approximate surface area is 97.6 Å². The monoisotopic (exact) mass is 220 g/mol. The summed E-state index contributed by atoms with van der Waals surface area (Å²) in [7, 11) is 0. The van der Waals surface area contributed by atoms with Crippen LogP contribution in [0.25, 0.3) is 0 Å². The van der Waals surface area contributed by atoms with Crippen molar-refractivity contribution in [3.63, 3.8) is 0 Å². The minimum absolute atomic E-state index is 0.164. The van der Waals surface area contributed by atoms with Crippen LogP contribution in [0.2, 0.25) is 0 Å². The lowest BCUT2D eigenvalue weighted by molar-refractivity contribution is 0.129. The molecule has 2 rings (SSSR count). The van der Waals surface area contributed by atoms with Gasteiger partial charge < -0.3 is 9.47 Å². The van der Waals surface area contributed by atoms with Gasteiger partial charge in [0.05, 0.1) is 6.10 Å². The van der Waals surface area contributed by atoms with E-state index in [0.29, 0.717) is 6.10 Å². The van der Waals surface area contributed by atoms with Crippen LogP contribution in [0.15, 0.2) is 18.2 Å². The maximum absolute atomic E-state index is 5.90. The van der Waals surface area contributed by atoms with Gasteiger partial charge in [-0.2, -0.15) is 0 Å². The Kier molecular flexibility index (Phi) is 2.83. The second-order valence-electron chi connectivity index (χ2n) is 5.41. The highest BCUT2D eigenvalue weighted by Gasteiger charge is 2.25. The molecule has 0 saturated heterocycles. The van der Waals surface area contributed by atoms with Crippen molar-refractivity contribution in [1.29, 1.82) is 0 Å². The van der Waals surface area contributed by atoms with Crippen molar-refractivity contribution >= 4 is 0 Å². The Morgan fingerprint density at radius 3 is 2.31 bits per heavy atom. The summed E-state index contributed by atoms with van der Waals surface area (Å²) in [4.78, 5) is 0. The topological polar surface area (TPSA) is 18.5 Å². The van der Waals surface area contributed by atoms with Gasteiger partial charge in [-0.15, -0.1) is 0 Å².